The van der Waals surface area contributed by atoms with Crippen LogP contribution >= 0.6 is 23.9 Å². The minimum absolute atomic E-state index is 0. The van der Waals surface area contributed by atoms with Crippen molar-refractivity contribution in [2.75, 3.05) is 0 Å². The Morgan fingerprint density at radius 1 is 1.67 bits per heavy atom. The molecule has 1 aromatic heterocycles. The molecular formula is C6H8ClNO3S. The molecule has 0 aliphatic carbocycles. The van der Waals surface area contributed by atoms with Gasteiger partial charge in [0.15, 0.2) is 0 Å². The summed E-state index contributed by atoms with van der Waals surface area (Å²) < 4.78 is 1.41. The summed E-state index contributed by atoms with van der Waals surface area (Å²) in [6.45, 7) is 0.270. The first-order valence-electron chi connectivity index (χ1n) is 3.07. The van der Waals surface area contributed by atoms with Crippen LogP contribution in [0.5, 0.6) is 0 Å². The average Bonchev–Trinajstić information content (AvgIpc) is 2.31. The van der Waals surface area contributed by atoms with Gasteiger partial charge in [-0.05, 0) is 0 Å². The maximum atomic E-state index is 10.8. The number of rotatable bonds is 3. The van der Waals surface area contributed by atoms with E-state index in [2.05, 4.69) is 0 Å². The Labute approximate surface area is 79.0 Å². The van der Waals surface area contributed by atoms with E-state index in [0.717, 1.165) is 0 Å². The number of carbonyl (C=O) groups is 1. The molecule has 0 atom stereocenters. The number of carboxylic acids is 1. The number of hydrogen-bond acceptors (Lipinski definition) is 3. The van der Waals surface area contributed by atoms with Gasteiger partial charge in [0.1, 0.15) is 0 Å². The Morgan fingerprint density at radius 2 is 2.33 bits per heavy atom. The lowest BCUT2D eigenvalue weighted by atomic mass is 10.4. The second kappa shape index (κ2) is 4.95. The van der Waals surface area contributed by atoms with E-state index in [-0.39, 0.29) is 30.9 Å². The van der Waals surface area contributed by atoms with Gasteiger partial charge in [0, 0.05) is 18.0 Å². The quantitative estimate of drug-likeness (QED) is 0.802. The van der Waals surface area contributed by atoms with Crippen LogP contribution in [-0.2, 0) is 11.3 Å². The molecule has 1 rings (SSSR count). The third kappa shape index (κ3) is 3.06. The van der Waals surface area contributed by atoms with Crippen molar-refractivity contribution in [3.63, 3.8) is 0 Å². The van der Waals surface area contributed by atoms with Crippen molar-refractivity contribution < 1.29 is 9.90 Å². The third-order valence-corrected chi connectivity index (χ3v) is 2.05. The average molecular weight is 210 g/mol. The summed E-state index contributed by atoms with van der Waals surface area (Å²) in [6, 6.07) is 1.42. The van der Waals surface area contributed by atoms with Crippen LogP contribution in [0.3, 0.4) is 0 Å². The van der Waals surface area contributed by atoms with E-state index in [1.807, 2.05) is 0 Å². The molecule has 1 heterocycles. The fraction of sp³-hybridized carbons (Fsp3) is 0.333. The molecule has 0 aliphatic heterocycles. The molecule has 6 heteroatoms. The van der Waals surface area contributed by atoms with Crippen molar-refractivity contribution in [1.29, 1.82) is 0 Å². The molecule has 0 bridgehead atoms. The molecule has 0 saturated carbocycles. The predicted molar refractivity (Wildman–Crippen MR) is 48.1 cm³/mol. The number of nitrogens with zero attached hydrogens (tertiary/aromatic N) is 1. The smallest absolute Gasteiger partial charge is 0.305 e. The first-order valence-corrected chi connectivity index (χ1v) is 3.90. The summed E-state index contributed by atoms with van der Waals surface area (Å²) in [6.07, 6.45) is 0.000417. The van der Waals surface area contributed by atoms with Crippen molar-refractivity contribution in [2.45, 2.75) is 13.0 Å². The first kappa shape index (κ1) is 11.2. The van der Waals surface area contributed by atoms with Gasteiger partial charge < -0.3 is 5.11 Å². The van der Waals surface area contributed by atoms with Crippen molar-refractivity contribution in [1.82, 2.24) is 3.96 Å². The highest BCUT2D eigenvalue weighted by Gasteiger charge is 1.99. The van der Waals surface area contributed by atoms with Crippen molar-refractivity contribution >= 4 is 29.9 Å². The SMILES string of the molecule is Cl.O=C(O)CCn1sccc1=O. The van der Waals surface area contributed by atoms with E-state index in [9.17, 15) is 9.59 Å². The zero-order chi connectivity index (χ0) is 8.27. The van der Waals surface area contributed by atoms with Gasteiger partial charge in [-0.2, -0.15) is 0 Å². The lowest BCUT2D eigenvalue weighted by Gasteiger charge is -1.94. The normalized spacial score (nSPS) is 9.00. The van der Waals surface area contributed by atoms with Crippen LogP contribution in [0.25, 0.3) is 0 Å². The van der Waals surface area contributed by atoms with Crippen LogP contribution in [0.2, 0.25) is 0 Å². The topological polar surface area (TPSA) is 59.3 Å². The molecule has 68 valence electrons. The van der Waals surface area contributed by atoms with E-state index in [0.29, 0.717) is 0 Å². The van der Waals surface area contributed by atoms with E-state index in [1.165, 1.54) is 21.6 Å². The lowest BCUT2D eigenvalue weighted by Crippen LogP contribution is -2.14. The lowest BCUT2D eigenvalue weighted by molar-refractivity contribution is -0.137. The standard InChI is InChI=1S/C6H7NO3S.ClH/c8-5-2-4-11-7(5)3-1-6(9)10;/h2,4H,1,3H2,(H,9,10);1H. The number of hydrogen-bond donors (Lipinski definition) is 1. The summed E-state index contributed by atoms with van der Waals surface area (Å²) in [5.74, 6) is -0.884. The summed E-state index contributed by atoms with van der Waals surface area (Å²) in [7, 11) is 0. The number of aryl methyl sites for hydroxylation is 1. The van der Waals surface area contributed by atoms with Gasteiger partial charge in [0.05, 0.1) is 6.42 Å². The molecule has 0 saturated heterocycles. The molecule has 0 aromatic carbocycles. The Bertz CT molecular complexity index is 306. The molecule has 1 N–H and O–H groups in total. The van der Waals surface area contributed by atoms with Crippen LogP contribution in [0.1, 0.15) is 6.42 Å². The van der Waals surface area contributed by atoms with Crippen LogP contribution in [0.4, 0.5) is 0 Å². The van der Waals surface area contributed by atoms with Crippen molar-refractivity contribution in [3.05, 3.63) is 21.8 Å². The molecule has 12 heavy (non-hydrogen) atoms. The highest BCUT2D eigenvalue weighted by Crippen LogP contribution is 1.94. The molecule has 0 fully saturated rings. The molecule has 0 aliphatic rings. The highest BCUT2D eigenvalue weighted by atomic mass is 35.5. The summed E-state index contributed by atoms with van der Waals surface area (Å²) in [4.78, 5) is 20.9. The van der Waals surface area contributed by atoms with Gasteiger partial charge in [-0.3, -0.25) is 13.5 Å². The molecule has 0 unspecified atom stereocenters. The van der Waals surface area contributed by atoms with Crippen LogP contribution in [0.15, 0.2) is 16.2 Å². The van der Waals surface area contributed by atoms with E-state index >= 15 is 0 Å². The summed E-state index contributed by atoms with van der Waals surface area (Å²) in [5.41, 5.74) is -0.128. The third-order valence-electron chi connectivity index (χ3n) is 1.17. The minimum atomic E-state index is -0.884. The zero-order valence-electron chi connectivity index (χ0n) is 6.10. The molecule has 4 nitrogen and oxygen atoms in total. The second-order valence-electron chi connectivity index (χ2n) is 1.99. The molecular weight excluding hydrogens is 202 g/mol. The Hall–Kier alpha value is -0.810. The maximum absolute atomic E-state index is 10.8. The van der Waals surface area contributed by atoms with E-state index in [4.69, 9.17) is 5.11 Å². The van der Waals surface area contributed by atoms with Crippen molar-refractivity contribution in [2.24, 2.45) is 0 Å². The Kier molecular flexibility index (Phi) is 4.61. The highest BCUT2D eigenvalue weighted by molar-refractivity contribution is 7.04. The van der Waals surface area contributed by atoms with Crippen LogP contribution < -0.4 is 5.56 Å². The molecule has 1 aromatic rings. The largest absolute Gasteiger partial charge is 0.481 e. The number of carboxylic acid groups (broad SMARTS) is 1. The maximum Gasteiger partial charge on any atom is 0.305 e. The number of halogens is 1. The van der Waals surface area contributed by atoms with Gasteiger partial charge in [0.25, 0.3) is 5.56 Å². The Balaban J connectivity index is 0.00000121. The summed E-state index contributed by atoms with van der Waals surface area (Å²) >= 11 is 1.23. The fourth-order valence-corrected chi connectivity index (χ4v) is 1.34. The van der Waals surface area contributed by atoms with Gasteiger partial charge in [-0.15, -0.1) is 12.4 Å². The molecule has 0 radical (unpaired) electrons. The first-order chi connectivity index (χ1) is 5.20. The fourth-order valence-electron chi connectivity index (χ4n) is 0.657. The van der Waals surface area contributed by atoms with E-state index < -0.39 is 5.97 Å². The minimum Gasteiger partial charge on any atom is -0.481 e. The number of aromatic nitrogens is 1. The zero-order valence-corrected chi connectivity index (χ0v) is 7.73. The number of aliphatic carboxylic acids is 1. The van der Waals surface area contributed by atoms with Gasteiger partial charge in [0.2, 0.25) is 0 Å². The Morgan fingerprint density at radius 3 is 2.75 bits per heavy atom. The molecule has 0 amide bonds. The van der Waals surface area contributed by atoms with Gasteiger partial charge >= 0.3 is 5.97 Å². The van der Waals surface area contributed by atoms with E-state index in [1.54, 1.807) is 5.38 Å². The molecule has 0 spiro atoms. The van der Waals surface area contributed by atoms with Crippen LogP contribution in [0, 0.1) is 0 Å². The second-order valence-corrected chi connectivity index (χ2v) is 2.92. The predicted octanol–water partition coefficient (Wildman–Crippen LogP) is 0.806. The summed E-state index contributed by atoms with van der Waals surface area (Å²) in [5, 5.41) is 9.94. The van der Waals surface area contributed by atoms with Gasteiger partial charge in [-0.25, -0.2) is 0 Å². The van der Waals surface area contributed by atoms with Gasteiger partial charge in [-0.1, -0.05) is 11.5 Å². The van der Waals surface area contributed by atoms with Crippen LogP contribution in [-0.4, -0.2) is 15.0 Å². The monoisotopic (exact) mass is 209 g/mol. The van der Waals surface area contributed by atoms with Crippen molar-refractivity contribution in [3.8, 4) is 0 Å².